The Morgan fingerprint density at radius 2 is 2.20 bits per heavy atom. The van der Waals surface area contributed by atoms with E-state index in [4.69, 9.17) is 4.74 Å². The van der Waals surface area contributed by atoms with Gasteiger partial charge < -0.3 is 9.84 Å². The number of benzene rings is 1. The summed E-state index contributed by atoms with van der Waals surface area (Å²) in [5.41, 5.74) is 2.91. The molecule has 0 aliphatic rings. The number of aliphatic hydroxyl groups is 1. The van der Waals surface area contributed by atoms with E-state index in [1.165, 1.54) is 0 Å². The first-order chi connectivity index (χ1) is 7.00. The van der Waals surface area contributed by atoms with Crippen molar-refractivity contribution in [3.05, 3.63) is 41.5 Å². The van der Waals surface area contributed by atoms with Gasteiger partial charge in [-0.05, 0) is 38.5 Å². The maximum absolute atomic E-state index is 9.59. The van der Waals surface area contributed by atoms with Crippen molar-refractivity contribution in [3.8, 4) is 5.75 Å². The van der Waals surface area contributed by atoms with Gasteiger partial charge in [-0.1, -0.05) is 18.2 Å². The van der Waals surface area contributed by atoms with Gasteiger partial charge in [0.2, 0.25) is 0 Å². The predicted molar refractivity (Wildman–Crippen MR) is 62.1 cm³/mol. The summed E-state index contributed by atoms with van der Waals surface area (Å²) in [4.78, 5) is 0. The molecule has 0 aliphatic carbocycles. The first kappa shape index (κ1) is 11.8. The Balaban J connectivity index is 2.90. The minimum absolute atomic E-state index is 0.489. The molecule has 0 aromatic heterocycles. The highest BCUT2D eigenvalue weighted by Crippen LogP contribution is 2.26. The molecule has 0 unspecified atom stereocenters. The molecule has 0 radical (unpaired) electrons. The van der Waals surface area contributed by atoms with E-state index >= 15 is 0 Å². The minimum Gasteiger partial charge on any atom is -0.489 e. The van der Waals surface area contributed by atoms with Crippen LogP contribution in [0, 0.1) is 6.92 Å². The lowest BCUT2D eigenvalue weighted by molar-refractivity contribution is 0.192. The number of aryl methyl sites for hydroxylation is 1. The molecule has 0 fully saturated rings. The molecule has 2 heteroatoms. The van der Waals surface area contributed by atoms with Crippen LogP contribution in [0.4, 0.5) is 0 Å². The summed E-state index contributed by atoms with van der Waals surface area (Å²) in [6.45, 7) is 9.91. The summed E-state index contributed by atoms with van der Waals surface area (Å²) in [5, 5.41) is 9.59. The second-order valence-corrected chi connectivity index (χ2v) is 3.96. The number of hydrogen-bond donors (Lipinski definition) is 1. The molecule has 0 aliphatic heterocycles. The Kier molecular flexibility index (Phi) is 3.92. The Morgan fingerprint density at radius 3 is 2.73 bits per heavy atom. The molecule has 15 heavy (non-hydrogen) atoms. The van der Waals surface area contributed by atoms with E-state index in [1.807, 2.05) is 32.0 Å². The van der Waals surface area contributed by atoms with Gasteiger partial charge in [0.15, 0.2) is 0 Å². The fraction of sp³-hybridized carbons (Fsp3) is 0.385. The van der Waals surface area contributed by atoms with Crippen LogP contribution in [0.2, 0.25) is 0 Å². The van der Waals surface area contributed by atoms with Crippen LogP contribution in [0.15, 0.2) is 30.4 Å². The first-order valence-corrected chi connectivity index (χ1v) is 5.06. The molecular formula is C13H18O2. The van der Waals surface area contributed by atoms with Crippen LogP contribution < -0.4 is 4.74 Å². The Morgan fingerprint density at radius 1 is 1.53 bits per heavy atom. The highest BCUT2D eigenvalue weighted by Gasteiger charge is 2.09. The van der Waals surface area contributed by atoms with Crippen LogP contribution in [0.3, 0.4) is 0 Å². The van der Waals surface area contributed by atoms with Crippen molar-refractivity contribution in [1.29, 1.82) is 0 Å². The summed E-state index contributed by atoms with van der Waals surface area (Å²) in [5.74, 6) is 0.735. The van der Waals surface area contributed by atoms with Crippen molar-refractivity contribution in [2.75, 3.05) is 6.61 Å². The molecule has 1 aromatic rings. The number of aliphatic hydroxyl groups excluding tert-OH is 1. The van der Waals surface area contributed by atoms with E-state index in [0.717, 1.165) is 22.4 Å². The summed E-state index contributed by atoms with van der Waals surface area (Å²) in [6, 6.07) is 5.80. The smallest absolute Gasteiger partial charge is 0.125 e. The van der Waals surface area contributed by atoms with Gasteiger partial charge >= 0.3 is 0 Å². The van der Waals surface area contributed by atoms with Crippen LogP contribution in [0.25, 0.3) is 0 Å². The predicted octanol–water partition coefficient (Wildman–Crippen LogP) is 3.00. The molecule has 0 saturated heterocycles. The molecule has 1 aromatic carbocycles. The van der Waals surface area contributed by atoms with E-state index < -0.39 is 6.10 Å². The molecule has 0 saturated carbocycles. The molecular weight excluding hydrogens is 188 g/mol. The number of rotatable bonds is 4. The largest absolute Gasteiger partial charge is 0.489 e. The van der Waals surface area contributed by atoms with E-state index in [9.17, 15) is 5.11 Å². The highest BCUT2D eigenvalue weighted by atomic mass is 16.5. The lowest BCUT2D eigenvalue weighted by Gasteiger charge is -2.14. The molecule has 1 rings (SSSR count). The average Bonchev–Trinajstić information content (AvgIpc) is 2.15. The van der Waals surface area contributed by atoms with Crippen molar-refractivity contribution in [2.45, 2.75) is 26.9 Å². The maximum Gasteiger partial charge on any atom is 0.125 e. The molecule has 82 valence electrons. The van der Waals surface area contributed by atoms with Gasteiger partial charge in [0.05, 0.1) is 6.10 Å². The fourth-order valence-electron chi connectivity index (χ4n) is 1.33. The zero-order valence-corrected chi connectivity index (χ0v) is 9.58. The second kappa shape index (κ2) is 4.99. The van der Waals surface area contributed by atoms with Crippen molar-refractivity contribution in [3.63, 3.8) is 0 Å². The average molecular weight is 206 g/mol. The zero-order valence-electron chi connectivity index (χ0n) is 9.58. The maximum atomic E-state index is 9.59. The van der Waals surface area contributed by atoms with Crippen LogP contribution in [0.1, 0.15) is 31.1 Å². The molecule has 1 N–H and O–H groups in total. The van der Waals surface area contributed by atoms with Gasteiger partial charge in [0.25, 0.3) is 0 Å². The molecule has 0 amide bonds. The number of ether oxygens (including phenoxy) is 1. The van der Waals surface area contributed by atoms with Gasteiger partial charge in [-0.15, -0.1) is 0 Å². The lowest BCUT2D eigenvalue weighted by atomic mass is 10.1. The Bertz CT molecular complexity index is 354. The first-order valence-electron chi connectivity index (χ1n) is 5.06. The van der Waals surface area contributed by atoms with E-state index in [0.29, 0.717) is 6.61 Å². The van der Waals surface area contributed by atoms with Gasteiger partial charge in [0, 0.05) is 5.56 Å². The topological polar surface area (TPSA) is 29.5 Å². The summed E-state index contributed by atoms with van der Waals surface area (Å²) >= 11 is 0. The normalized spacial score (nSPS) is 12.3. The van der Waals surface area contributed by atoms with E-state index in [-0.39, 0.29) is 0 Å². The molecule has 0 bridgehead atoms. The van der Waals surface area contributed by atoms with Crippen LogP contribution in [0.5, 0.6) is 5.75 Å². The third-order valence-corrected chi connectivity index (χ3v) is 2.09. The molecule has 0 heterocycles. The Labute approximate surface area is 91.2 Å². The van der Waals surface area contributed by atoms with Crippen LogP contribution in [-0.2, 0) is 0 Å². The minimum atomic E-state index is -0.509. The van der Waals surface area contributed by atoms with Crippen molar-refractivity contribution in [2.24, 2.45) is 0 Å². The fourth-order valence-corrected chi connectivity index (χ4v) is 1.33. The van der Waals surface area contributed by atoms with Gasteiger partial charge in [0.1, 0.15) is 12.4 Å². The SMILES string of the molecule is C=C(C)COc1ccc(C)cc1[C@H](C)O. The number of hydrogen-bond acceptors (Lipinski definition) is 2. The lowest BCUT2D eigenvalue weighted by Crippen LogP contribution is -2.03. The monoisotopic (exact) mass is 206 g/mol. The third kappa shape index (κ3) is 3.40. The third-order valence-electron chi connectivity index (χ3n) is 2.09. The van der Waals surface area contributed by atoms with Crippen molar-refractivity contribution >= 4 is 0 Å². The summed E-state index contributed by atoms with van der Waals surface area (Å²) in [7, 11) is 0. The quantitative estimate of drug-likeness (QED) is 0.767. The zero-order chi connectivity index (χ0) is 11.4. The van der Waals surface area contributed by atoms with E-state index in [2.05, 4.69) is 6.58 Å². The van der Waals surface area contributed by atoms with Gasteiger partial charge in [-0.25, -0.2) is 0 Å². The Hall–Kier alpha value is -1.28. The highest BCUT2D eigenvalue weighted by molar-refractivity contribution is 5.38. The van der Waals surface area contributed by atoms with Gasteiger partial charge in [-0.3, -0.25) is 0 Å². The second-order valence-electron chi connectivity index (χ2n) is 3.96. The van der Waals surface area contributed by atoms with Crippen LogP contribution >= 0.6 is 0 Å². The van der Waals surface area contributed by atoms with Crippen LogP contribution in [-0.4, -0.2) is 11.7 Å². The molecule has 2 nitrogen and oxygen atoms in total. The van der Waals surface area contributed by atoms with Crippen molar-refractivity contribution < 1.29 is 9.84 Å². The van der Waals surface area contributed by atoms with E-state index in [1.54, 1.807) is 6.92 Å². The molecule has 1 atom stereocenters. The summed E-state index contributed by atoms with van der Waals surface area (Å²) in [6.07, 6.45) is -0.509. The summed E-state index contributed by atoms with van der Waals surface area (Å²) < 4.78 is 5.56. The van der Waals surface area contributed by atoms with Crippen molar-refractivity contribution in [1.82, 2.24) is 0 Å². The van der Waals surface area contributed by atoms with Gasteiger partial charge in [-0.2, -0.15) is 0 Å². The molecule has 0 spiro atoms. The standard InChI is InChI=1S/C13H18O2/c1-9(2)8-15-13-6-5-10(3)7-12(13)11(4)14/h5-7,11,14H,1,8H2,2-4H3/t11-/m0/s1.